The Kier molecular flexibility index (Phi) is 3.49. The number of hydrazone groups is 1. The summed E-state index contributed by atoms with van der Waals surface area (Å²) < 4.78 is 4.82. The van der Waals surface area contributed by atoms with Gasteiger partial charge in [0.1, 0.15) is 4.92 Å². The predicted molar refractivity (Wildman–Crippen MR) is 64.7 cm³/mol. The van der Waals surface area contributed by atoms with Gasteiger partial charge in [-0.2, -0.15) is 5.10 Å². The second-order valence-corrected chi connectivity index (χ2v) is 4.06. The molecule has 1 amide bonds. The molecule has 1 N–H and O–H groups in total. The third-order valence-electron chi connectivity index (χ3n) is 1.90. The van der Waals surface area contributed by atoms with E-state index in [4.69, 9.17) is 4.42 Å². The van der Waals surface area contributed by atoms with Crippen molar-refractivity contribution in [2.24, 2.45) is 5.10 Å². The maximum atomic E-state index is 11.5. The molecule has 0 saturated heterocycles. The van der Waals surface area contributed by atoms with E-state index in [1.54, 1.807) is 17.5 Å². The van der Waals surface area contributed by atoms with Gasteiger partial charge < -0.3 is 4.42 Å². The van der Waals surface area contributed by atoms with Crippen LogP contribution in [0.25, 0.3) is 0 Å². The number of nitrogens with one attached hydrogen (secondary N) is 1. The maximum absolute atomic E-state index is 11.5. The summed E-state index contributed by atoms with van der Waals surface area (Å²) in [7, 11) is 0. The number of hydrogen-bond acceptors (Lipinski definition) is 6. The van der Waals surface area contributed by atoms with Gasteiger partial charge in [0.2, 0.25) is 0 Å². The standard InChI is InChI=1S/C10H7N3O4S/c14-10(8-2-1-5-18-8)12-11-6-7-3-4-9(17-7)13(15)16/h1-6H,(H,12,14)/b11-6-. The Labute approximate surface area is 105 Å². The summed E-state index contributed by atoms with van der Waals surface area (Å²) in [5.41, 5.74) is 2.28. The Morgan fingerprint density at radius 1 is 1.50 bits per heavy atom. The number of carbonyl (C=O) groups is 1. The van der Waals surface area contributed by atoms with Crippen LogP contribution >= 0.6 is 11.3 Å². The Balaban J connectivity index is 1.95. The van der Waals surface area contributed by atoms with Crippen LogP contribution in [0.3, 0.4) is 0 Å². The monoisotopic (exact) mass is 265 g/mol. The van der Waals surface area contributed by atoms with Crippen molar-refractivity contribution in [2.75, 3.05) is 0 Å². The molecule has 2 aromatic rings. The molecule has 0 spiro atoms. The fourth-order valence-electron chi connectivity index (χ4n) is 1.13. The largest absolute Gasteiger partial charge is 0.433 e. The molecule has 0 aromatic carbocycles. The molecular formula is C10H7N3O4S. The van der Waals surface area contributed by atoms with Crippen LogP contribution in [0.1, 0.15) is 15.4 Å². The number of amides is 1. The first kappa shape index (κ1) is 12.0. The Hall–Kier alpha value is -2.48. The number of rotatable bonds is 4. The van der Waals surface area contributed by atoms with Gasteiger partial charge in [-0.3, -0.25) is 14.9 Å². The lowest BCUT2D eigenvalue weighted by molar-refractivity contribution is -0.402. The summed E-state index contributed by atoms with van der Waals surface area (Å²) in [5.74, 6) is -0.531. The third-order valence-corrected chi connectivity index (χ3v) is 2.76. The lowest BCUT2D eigenvalue weighted by Gasteiger charge is -1.93. The van der Waals surface area contributed by atoms with E-state index in [9.17, 15) is 14.9 Å². The zero-order chi connectivity index (χ0) is 13.0. The van der Waals surface area contributed by atoms with E-state index < -0.39 is 4.92 Å². The minimum atomic E-state index is -0.651. The smallest absolute Gasteiger partial charge is 0.400 e. The van der Waals surface area contributed by atoms with Gasteiger partial charge in [-0.05, 0) is 17.5 Å². The Morgan fingerprint density at radius 2 is 2.33 bits per heavy atom. The number of thiophene rings is 1. The molecule has 2 aromatic heterocycles. The molecule has 8 heteroatoms. The van der Waals surface area contributed by atoms with Gasteiger partial charge in [-0.15, -0.1) is 11.3 Å². The van der Waals surface area contributed by atoms with E-state index in [2.05, 4.69) is 10.5 Å². The summed E-state index contributed by atoms with van der Waals surface area (Å²) in [6, 6.07) is 6.01. The summed E-state index contributed by atoms with van der Waals surface area (Å²) in [4.78, 5) is 21.7. The molecule has 0 aliphatic rings. The molecule has 92 valence electrons. The quantitative estimate of drug-likeness (QED) is 0.519. The van der Waals surface area contributed by atoms with Crippen LogP contribution in [0.15, 0.2) is 39.2 Å². The van der Waals surface area contributed by atoms with E-state index in [0.717, 1.165) is 0 Å². The van der Waals surface area contributed by atoms with Crippen molar-refractivity contribution >= 4 is 29.3 Å². The molecule has 0 radical (unpaired) electrons. The highest BCUT2D eigenvalue weighted by Crippen LogP contribution is 2.13. The van der Waals surface area contributed by atoms with Crippen molar-refractivity contribution in [3.63, 3.8) is 0 Å². The van der Waals surface area contributed by atoms with Gasteiger partial charge in [-0.1, -0.05) is 6.07 Å². The first-order valence-corrected chi connectivity index (χ1v) is 5.66. The summed E-state index contributed by atoms with van der Waals surface area (Å²) in [6.45, 7) is 0. The van der Waals surface area contributed by atoms with Gasteiger partial charge in [0, 0.05) is 0 Å². The number of carbonyl (C=O) groups excluding carboxylic acids is 1. The lowest BCUT2D eigenvalue weighted by Crippen LogP contribution is -2.15. The second-order valence-electron chi connectivity index (χ2n) is 3.11. The number of nitrogens with zero attached hydrogens (tertiary/aromatic N) is 2. The van der Waals surface area contributed by atoms with Crippen molar-refractivity contribution in [3.8, 4) is 0 Å². The summed E-state index contributed by atoms with van der Waals surface area (Å²) in [6.07, 6.45) is 1.19. The topological polar surface area (TPSA) is 97.7 Å². The molecule has 2 rings (SSSR count). The molecule has 7 nitrogen and oxygen atoms in total. The third kappa shape index (κ3) is 2.80. The number of hydrogen-bond donors (Lipinski definition) is 1. The molecule has 18 heavy (non-hydrogen) atoms. The SMILES string of the molecule is O=C(N/N=C\c1ccc([N+](=O)[O-])o1)c1cccs1. The Bertz CT molecular complexity index is 588. The minimum absolute atomic E-state index is 0.188. The van der Waals surface area contributed by atoms with Crippen LogP contribution in [0.4, 0.5) is 5.88 Å². The molecule has 0 fully saturated rings. The van der Waals surface area contributed by atoms with Crippen LogP contribution in [0.2, 0.25) is 0 Å². The van der Waals surface area contributed by atoms with Gasteiger partial charge in [0.05, 0.1) is 17.2 Å². The highest BCUT2D eigenvalue weighted by atomic mass is 32.1. The molecule has 0 bridgehead atoms. The summed E-state index contributed by atoms with van der Waals surface area (Å²) in [5, 5.41) is 15.8. The van der Waals surface area contributed by atoms with E-state index in [1.807, 2.05) is 0 Å². The van der Waals surface area contributed by atoms with Crippen molar-refractivity contribution < 1.29 is 14.1 Å². The van der Waals surface area contributed by atoms with E-state index in [0.29, 0.717) is 4.88 Å². The van der Waals surface area contributed by atoms with Crippen molar-refractivity contribution in [3.05, 3.63) is 50.4 Å². The van der Waals surface area contributed by atoms with Crippen LogP contribution < -0.4 is 5.43 Å². The number of furan rings is 1. The van der Waals surface area contributed by atoms with Gasteiger partial charge in [-0.25, -0.2) is 5.43 Å². The van der Waals surface area contributed by atoms with E-state index in [-0.39, 0.29) is 17.6 Å². The average molecular weight is 265 g/mol. The second kappa shape index (κ2) is 5.23. The average Bonchev–Trinajstić information content (AvgIpc) is 3.00. The highest BCUT2D eigenvalue weighted by Gasteiger charge is 2.10. The molecule has 0 saturated carbocycles. The van der Waals surface area contributed by atoms with Crippen LogP contribution in [-0.2, 0) is 0 Å². The van der Waals surface area contributed by atoms with Crippen molar-refractivity contribution in [1.82, 2.24) is 5.43 Å². The van der Waals surface area contributed by atoms with E-state index >= 15 is 0 Å². The van der Waals surface area contributed by atoms with E-state index in [1.165, 1.54) is 29.7 Å². The molecule has 0 unspecified atom stereocenters. The molecule has 0 aliphatic heterocycles. The molecule has 2 heterocycles. The first-order valence-electron chi connectivity index (χ1n) is 4.78. The zero-order valence-corrected chi connectivity index (χ0v) is 9.72. The zero-order valence-electron chi connectivity index (χ0n) is 8.90. The highest BCUT2D eigenvalue weighted by molar-refractivity contribution is 7.12. The molecule has 0 atom stereocenters. The van der Waals surface area contributed by atoms with Crippen LogP contribution in [0, 0.1) is 10.1 Å². The normalized spacial score (nSPS) is 10.7. The molecular weight excluding hydrogens is 258 g/mol. The summed E-state index contributed by atoms with van der Waals surface area (Å²) >= 11 is 1.29. The fourth-order valence-corrected chi connectivity index (χ4v) is 1.74. The molecule has 0 aliphatic carbocycles. The lowest BCUT2D eigenvalue weighted by atomic mass is 10.4. The predicted octanol–water partition coefficient (Wildman–Crippen LogP) is 2.01. The van der Waals surface area contributed by atoms with Crippen molar-refractivity contribution in [2.45, 2.75) is 0 Å². The van der Waals surface area contributed by atoms with Gasteiger partial charge >= 0.3 is 5.88 Å². The van der Waals surface area contributed by atoms with Gasteiger partial charge in [0.15, 0.2) is 5.76 Å². The van der Waals surface area contributed by atoms with Crippen LogP contribution in [-0.4, -0.2) is 17.0 Å². The van der Waals surface area contributed by atoms with Crippen LogP contribution in [0.5, 0.6) is 0 Å². The number of nitro groups is 1. The van der Waals surface area contributed by atoms with Crippen molar-refractivity contribution in [1.29, 1.82) is 0 Å². The van der Waals surface area contributed by atoms with Gasteiger partial charge in [0.25, 0.3) is 5.91 Å². The fraction of sp³-hybridized carbons (Fsp3) is 0. The Morgan fingerprint density at radius 3 is 2.94 bits per heavy atom. The minimum Gasteiger partial charge on any atom is -0.400 e. The first-order chi connectivity index (χ1) is 8.66. The maximum Gasteiger partial charge on any atom is 0.433 e.